The van der Waals surface area contributed by atoms with Crippen molar-refractivity contribution in [3.8, 4) is 0 Å². The van der Waals surface area contributed by atoms with Crippen LogP contribution in [0.1, 0.15) is 12.5 Å². The molecular weight excluding hydrogens is 536 g/mol. The van der Waals surface area contributed by atoms with E-state index in [9.17, 15) is 14.4 Å². The summed E-state index contributed by atoms with van der Waals surface area (Å²) in [6.07, 6.45) is 1.41. The van der Waals surface area contributed by atoms with Crippen LogP contribution in [-0.2, 0) is 24.7 Å². The van der Waals surface area contributed by atoms with E-state index in [0.29, 0.717) is 27.0 Å². The highest BCUT2D eigenvalue weighted by Crippen LogP contribution is 2.52. The molecule has 2 heterocycles. The molecule has 2 aliphatic heterocycles. The molecule has 2 aromatic rings. The van der Waals surface area contributed by atoms with E-state index in [1.165, 1.54) is 17.0 Å². The van der Waals surface area contributed by atoms with Gasteiger partial charge in [0, 0.05) is 39.4 Å². The van der Waals surface area contributed by atoms with Crippen molar-refractivity contribution in [2.24, 2.45) is 11.8 Å². The van der Waals surface area contributed by atoms with Gasteiger partial charge in [0.15, 0.2) is 0 Å². The summed E-state index contributed by atoms with van der Waals surface area (Å²) in [5.74, 6) is -3.94. The smallest absolute Gasteiger partial charge is 0.312 e. The second-order valence-corrected chi connectivity index (χ2v) is 10.2. The molecule has 0 radical (unpaired) electrons. The van der Waals surface area contributed by atoms with Crippen molar-refractivity contribution in [3.05, 3.63) is 68.6 Å². The first-order valence-electron chi connectivity index (χ1n) is 10.6. The Labute approximate surface area is 222 Å². The summed E-state index contributed by atoms with van der Waals surface area (Å²) in [7, 11) is 1.55. The average molecular weight is 557 g/mol. The molecule has 2 amide bonds. The fourth-order valence-electron chi connectivity index (χ4n) is 4.89. The van der Waals surface area contributed by atoms with Crippen molar-refractivity contribution in [1.29, 1.82) is 0 Å². The number of hydrogen-bond acceptors (Lipinski definition) is 5. The Bertz CT molecular complexity index is 1230. The second-order valence-electron chi connectivity index (χ2n) is 8.45. The molecular formula is C24H21Cl4N3O4. The van der Waals surface area contributed by atoms with Crippen LogP contribution in [-0.4, -0.2) is 37.5 Å². The third-order valence-corrected chi connectivity index (χ3v) is 7.30. The lowest BCUT2D eigenvalue weighted by Gasteiger charge is -2.31. The molecule has 1 fully saturated rings. The van der Waals surface area contributed by atoms with E-state index in [0.717, 1.165) is 0 Å². The molecule has 0 bridgehead atoms. The Morgan fingerprint density at radius 1 is 1.11 bits per heavy atom. The number of fused-ring (bicyclic) bond motifs is 2. The zero-order valence-corrected chi connectivity index (χ0v) is 21.7. The van der Waals surface area contributed by atoms with Crippen LogP contribution in [0.5, 0.6) is 0 Å². The van der Waals surface area contributed by atoms with Crippen LogP contribution in [0.3, 0.4) is 0 Å². The standard InChI is InChI=1S/C24H21Cl4N3O4/c1-4-5-35-22(33)19-18(21(32)31(3)15-7-12(25)6-13(26)8-15)11(2)30-24(19)16-9-14(27)10-17(28)20(16)29-23(24)34/h4,6-11,18-19,30H,1,5H2,2-3H3,(H,29,34)/t11?,18-,19?,24?/m1/s1. The fourth-order valence-corrected chi connectivity index (χ4v) is 5.94. The predicted octanol–water partition coefficient (Wildman–Crippen LogP) is 5.06. The van der Waals surface area contributed by atoms with Gasteiger partial charge in [0.05, 0.1) is 16.6 Å². The lowest BCUT2D eigenvalue weighted by Crippen LogP contribution is -2.52. The maximum absolute atomic E-state index is 13.8. The summed E-state index contributed by atoms with van der Waals surface area (Å²) in [4.78, 5) is 42.1. The van der Waals surface area contributed by atoms with Gasteiger partial charge in [-0.15, -0.1) is 0 Å². The third-order valence-electron chi connectivity index (χ3n) is 6.34. The maximum atomic E-state index is 13.8. The van der Waals surface area contributed by atoms with Gasteiger partial charge in [-0.2, -0.15) is 0 Å². The van der Waals surface area contributed by atoms with E-state index in [1.807, 2.05) is 0 Å². The first-order chi connectivity index (χ1) is 16.5. The van der Waals surface area contributed by atoms with Gasteiger partial charge in [-0.05, 0) is 37.3 Å². The Kier molecular flexibility index (Phi) is 7.10. The first-order valence-corrected chi connectivity index (χ1v) is 12.1. The van der Waals surface area contributed by atoms with E-state index in [-0.39, 0.29) is 16.7 Å². The Morgan fingerprint density at radius 3 is 2.37 bits per heavy atom. The summed E-state index contributed by atoms with van der Waals surface area (Å²) in [6, 6.07) is 7.14. The zero-order valence-electron chi connectivity index (χ0n) is 18.7. The molecule has 0 aliphatic carbocycles. The number of carbonyl (C=O) groups is 3. The van der Waals surface area contributed by atoms with Crippen LogP contribution in [0.2, 0.25) is 20.1 Å². The lowest BCUT2D eigenvalue weighted by atomic mass is 9.74. The quantitative estimate of drug-likeness (QED) is 0.397. The second kappa shape index (κ2) is 9.64. The first kappa shape index (κ1) is 25.8. The molecule has 3 unspecified atom stereocenters. The lowest BCUT2D eigenvalue weighted by molar-refractivity contribution is -0.155. The van der Waals surface area contributed by atoms with Gasteiger partial charge in [0.1, 0.15) is 18.1 Å². The monoisotopic (exact) mass is 555 g/mol. The molecule has 2 N–H and O–H groups in total. The van der Waals surface area contributed by atoms with Gasteiger partial charge >= 0.3 is 5.97 Å². The molecule has 184 valence electrons. The highest BCUT2D eigenvalue weighted by Gasteiger charge is 2.66. The number of nitrogens with one attached hydrogen (secondary N) is 2. The molecule has 2 aromatic carbocycles. The number of anilines is 2. The minimum Gasteiger partial charge on any atom is -0.461 e. The third kappa shape index (κ3) is 4.30. The molecule has 1 saturated heterocycles. The molecule has 4 atom stereocenters. The number of halogens is 4. The molecule has 0 saturated carbocycles. The van der Waals surface area contributed by atoms with Crippen LogP contribution in [0, 0.1) is 11.8 Å². The van der Waals surface area contributed by atoms with Crippen molar-refractivity contribution in [2.45, 2.75) is 18.5 Å². The highest BCUT2D eigenvalue weighted by atomic mass is 35.5. The number of hydrogen-bond donors (Lipinski definition) is 2. The van der Waals surface area contributed by atoms with Gasteiger partial charge in [0.2, 0.25) is 11.8 Å². The van der Waals surface area contributed by atoms with Crippen LogP contribution < -0.4 is 15.5 Å². The summed E-state index contributed by atoms with van der Waals surface area (Å²) < 4.78 is 5.38. The fraction of sp³-hybridized carbons (Fsp3) is 0.292. The highest BCUT2D eigenvalue weighted by molar-refractivity contribution is 6.38. The molecule has 1 spiro atoms. The summed E-state index contributed by atoms with van der Waals surface area (Å²) in [5.41, 5.74) is -0.503. The van der Waals surface area contributed by atoms with Crippen LogP contribution >= 0.6 is 46.4 Å². The molecule has 35 heavy (non-hydrogen) atoms. The zero-order chi connectivity index (χ0) is 25.7. The van der Waals surface area contributed by atoms with Crippen molar-refractivity contribution >= 4 is 75.6 Å². The normalized spacial score (nSPS) is 24.7. The molecule has 11 heteroatoms. The van der Waals surface area contributed by atoms with Crippen molar-refractivity contribution in [3.63, 3.8) is 0 Å². The minimum atomic E-state index is -1.63. The molecule has 0 aromatic heterocycles. The topological polar surface area (TPSA) is 87.7 Å². The molecule has 4 rings (SSSR count). The Morgan fingerprint density at radius 2 is 1.74 bits per heavy atom. The van der Waals surface area contributed by atoms with Gasteiger partial charge in [-0.3, -0.25) is 19.7 Å². The van der Waals surface area contributed by atoms with Crippen LogP contribution in [0.15, 0.2) is 43.0 Å². The number of benzene rings is 2. The van der Waals surface area contributed by atoms with Crippen molar-refractivity contribution < 1.29 is 19.1 Å². The molecule has 2 aliphatic rings. The summed E-state index contributed by atoms with van der Waals surface area (Å²) in [5, 5.41) is 7.12. The number of rotatable bonds is 5. The van der Waals surface area contributed by atoms with Crippen LogP contribution in [0.4, 0.5) is 11.4 Å². The Balaban J connectivity index is 1.85. The average Bonchev–Trinajstić information content (AvgIpc) is 3.25. The SMILES string of the molecule is C=CCOC(=O)C1[C@H](C(=O)N(C)c2cc(Cl)cc(Cl)c2)C(C)NC12C(=O)Nc1c(Cl)cc(Cl)cc12. The van der Waals surface area contributed by atoms with Crippen molar-refractivity contribution in [1.82, 2.24) is 5.32 Å². The van der Waals surface area contributed by atoms with E-state index in [2.05, 4.69) is 17.2 Å². The maximum Gasteiger partial charge on any atom is 0.312 e. The predicted molar refractivity (Wildman–Crippen MR) is 137 cm³/mol. The van der Waals surface area contributed by atoms with Crippen LogP contribution in [0.25, 0.3) is 0 Å². The number of ether oxygens (including phenoxy) is 1. The number of esters is 1. The van der Waals surface area contributed by atoms with Crippen molar-refractivity contribution in [2.75, 3.05) is 23.9 Å². The number of carbonyl (C=O) groups excluding carboxylic acids is 3. The van der Waals surface area contributed by atoms with Gasteiger partial charge in [-0.1, -0.05) is 59.1 Å². The number of nitrogens with zero attached hydrogens (tertiary/aromatic N) is 1. The van der Waals surface area contributed by atoms with Gasteiger partial charge < -0.3 is 15.0 Å². The Hall–Kier alpha value is -2.29. The van der Waals surface area contributed by atoms with E-state index < -0.39 is 41.2 Å². The van der Waals surface area contributed by atoms with Gasteiger partial charge in [-0.25, -0.2) is 0 Å². The summed E-state index contributed by atoms with van der Waals surface area (Å²) >= 11 is 24.9. The number of amides is 2. The largest absolute Gasteiger partial charge is 0.461 e. The minimum absolute atomic E-state index is 0.0920. The summed E-state index contributed by atoms with van der Waals surface area (Å²) in [6.45, 7) is 5.20. The van der Waals surface area contributed by atoms with E-state index in [1.54, 1.807) is 38.2 Å². The van der Waals surface area contributed by atoms with Gasteiger partial charge in [0.25, 0.3) is 0 Å². The van der Waals surface area contributed by atoms with E-state index >= 15 is 0 Å². The molecule has 7 nitrogen and oxygen atoms in total. The van der Waals surface area contributed by atoms with E-state index in [4.69, 9.17) is 51.1 Å².